The predicted octanol–water partition coefficient (Wildman–Crippen LogP) is 4.68. The van der Waals surface area contributed by atoms with Gasteiger partial charge in [0.2, 0.25) is 11.8 Å². The van der Waals surface area contributed by atoms with Crippen molar-refractivity contribution in [1.29, 1.82) is 0 Å². The highest BCUT2D eigenvalue weighted by molar-refractivity contribution is 8.14. The average molecular weight is 411 g/mol. The second-order valence-corrected chi connectivity index (χ2v) is 7.54. The Bertz CT molecular complexity index is 1110. The van der Waals surface area contributed by atoms with Crippen molar-refractivity contribution in [2.24, 2.45) is 5.10 Å². The van der Waals surface area contributed by atoms with Gasteiger partial charge in [-0.25, -0.2) is 4.98 Å². The Balaban J connectivity index is 1.90. The molecular formula is C20H15ClN4O2S. The smallest absolute Gasteiger partial charge is 0.245 e. The van der Waals surface area contributed by atoms with Crippen LogP contribution in [0.2, 0.25) is 5.02 Å². The van der Waals surface area contributed by atoms with E-state index in [-0.39, 0.29) is 11.8 Å². The summed E-state index contributed by atoms with van der Waals surface area (Å²) in [5.41, 5.74) is 1.58. The summed E-state index contributed by atoms with van der Waals surface area (Å²) in [5.74, 6) is 0.296. The lowest BCUT2D eigenvalue weighted by molar-refractivity contribution is -0.116. The number of hydrogen-bond donors (Lipinski definition) is 0. The zero-order valence-electron chi connectivity index (χ0n) is 15.1. The van der Waals surface area contributed by atoms with Crippen molar-refractivity contribution >= 4 is 46.0 Å². The van der Waals surface area contributed by atoms with Crippen LogP contribution in [0.25, 0.3) is 11.4 Å². The number of aromatic nitrogens is 2. The van der Waals surface area contributed by atoms with Gasteiger partial charge in [0, 0.05) is 30.0 Å². The molecule has 1 aliphatic heterocycles. The summed E-state index contributed by atoms with van der Waals surface area (Å²) in [4.78, 5) is 29.3. The predicted molar refractivity (Wildman–Crippen MR) is 111 cm³/mol. The van der Waals surface area contributed by atoms with Crippen LogP contribution >= 0.6 is 23.4 Å². The summed E-state index contributed by atoms with van der Waals surface area (Å²) in [6, 6.07) is 16.6. The quantitative estimate of drug-likeness (QED) is 0.615. The maximum absolute atomic E-state index is 12.5. The van der Waals surface area contributed by atoms with Crippen LogP contribution in [0, 0.1) is 0 Å². The van der Waals surface area contributed by atoms with E-state index >= 15 is 0 Å². The molecular weight excluding hydrogens is 396 g/mol. The largest absolute Gasteiger partial charge is 0.274 e. The van der Waals surface area contributed by atoms with E-state index in [1.807, 2.05) is 30.3 Å². The molecule has 0 atom stereocenters. The van der Waals surface area contributed by atoms with Crippen LogP contribution < -0.4 is 5.01 Å². The summed E-state index contributed by atoms with van der Waals surface area (Å²) in [6.45, 7) is 2.88. The number of fused-ring (bicyclic) bond motifs is 1. The number of carbonyl (C=O) groups excluding carboxylic acids is 2. The molecule has 1 aromatic heterocycles. The van der Waals surface area contributed by atoms with Crippen LogP contribution in [0.5, 0.6) is 0 Å². The topological polar surface area (TPSA) is 67.6 Å². The van der Waals surface area contributed by atoms with Crippen LogP contribution in [0.1, 0.15) is 24.2 Å². The maximum Gasteiger partial charge on any atom is 0.245 e. The van der Waals surface area contributed by atoms with E-state index in [4.69, 9.17) is 11.6 Å². The van der Waals surface area contributed by atoms with Gasteiger partial charge >= 0.3 is 0 Å². The summed E-state index contributed by atoms with van der Waals surface area (Å²) in [6.07, 6.45) is 0. The third-order valence-corrected chi connectivity index (χ3v) is 5.46. The van der Waals surface area contributed by atoms with Crippen LogP contribution in [0.3, 0.4) is 0 Å². The lowest BCUT2D eigenvalue weighted by Crippen LogP contribution is -2.28. The molecule has 0 radical (unpaired) electrons. The van der Waals surface area contributed by atoms with Gasteiger partial charge in [-0.3, -0.25) is 14.2 Å². The average Bonchev–Trinajstić information content (AvgIpc) is 3.08. The number of benzene rings is 2. The van der Waals surface area contributed by atoms with Crippen LogP contribution in [-0.4, -0.2) is 26.4 Å². The second-order valence-electron chi connectivity index (χ2n) is 6.13. The molecule has 4 rings (SSSR count). The lowest BCUT2D eigenvalue weighted by atomic mass is 10.2. The normalized spacial score (nSPS) is 13.1. The van der Waals surface area contributed by atoms with E-state index in [1.165, 1.54) is 35.2 Å². The van der Waals surface area contributed by atoms with E-state index in [0.717, 1.165) is 11.1 Å². The number of thioether (sulfide) groups is 1. The number of imidazole rings is 1. The molecule has 6 nitrogen and oxygen atoms in total. The van der Waals surface area contributed by atoms with Crippen LogP contribution in [0.15, 0.2) is 64.7 Å². The first-order valence-electron chi connectivity index (χ1n) is 8.48. The molecule has 0 saturated heterocycles. The molecule has 0 spiro atoms. The Hall–Kier alpha value is -2.90. The third kappa shape index (κ3) is 3.23. The molecule has 140 valence electrons. The van der Waals surface area contributed by atoms with E-state index in [2.05, 4.69) is 10.1 Å². The van der Waals surface area contributed by atoms with Gasteiger partial charge in [-0.2, -0.15) is 10.1 Å². The Morgan fingerprint density at radius 2 is 1.61 bits per heavy atom. The second kappa shape index (κ2) is 7.26. The number of nitrogens with zero attached hydrogens (tertiary/aromatic N) is 4. The Morgan fingerprint density at radius 3 is 2.21 bits per heavy atom. The highest BCUT2D eigenvalue weighted by Crippen LogP contribution is 2.40. The standard InChI is InChI=1S/C20H15ClN4O2S/c1-12(26)24-17(14-8-10-16(21)11-9-14)22-18-20(24)28-19(23-25(18)13(2)27)15-6-4-3-5-7-15/h3-11H,1-2H3. The molecule has 8 heteroatoms. The molecule has 2 aromatic carbocycles. The molecule has 0 aliphatic carbocycles. The maximum atomic E-state index is 12.5. The van der Waals surface area contributed by atoms with E-state index in [1.54, 1.807) is 24.3 Å². The van der Waals surface area contributed by atoms with Gasteiger partial charge in [-0.05, 0) is 36.0 Å². The van der Waals surface area contributed by atoms with Gasteiger partial charge in [0.25, 0.3) is 0 Å². The number of amides is 1. The Morgan fingerprint density at radius 1 is 0.929 bits per heavy atom. The SMILES string of the molecule is CC(=O)N1N=C(c2ccccc2)Sc2c1nc(-c1ccc(Cl)cc1)n2C(C)=O. The van der Waals surface area contributed by atoms with E-state index in [9.17, 15) is 9.59 Å². The zero-order chi connectivity index (χ0) is 19.8. The minimum Gasteiger partial charge on any atom is -0.274 e. The monoisotopic (exact) mass is 410 g/mol. The van der Waals surface area contributed by atoms with Gasteiger partial charge in [0.05, 0.1) is 0 Å². The van der Waals surface area contributed by atoms with Crippen molar-refractivity contribution in [3.05, 3.63) is 65.2 Å². The molecule has 3 aromatic rings. The summed E-state index contributed by atoms with van der Waals surface area (Å²) in [5, 5.41) is 7.48. The highest BCUT2D eigenvalue weighted by atomic mass is 35.5. The van der Waals surface area contributed by atoms with Gasteiger partial charge in [0.1, 0.15) is 15.9 Å². The van der Waals surface area contributed by atoms with Crippen LogP contribution in [-0.2, 0) is 4.79 Å². The molecule has 2 heterocycles. The fraction of sp³-hybridized carbons (Fsp3) is 0.100. The fourth-order valence-electron chi connectivity index (χ4n) is 2.88. The molecule has 0 fully saturated rings. The summed E-state index contributed by atoms with van der Waals surface area (Å²) < 4.78 is 1.51. The van der Waals surface area contributed by atoms with Gasteiger partial charge in [-0.1, -0.05) is 41.9 Å². The van der Waals surface area contributed by atoms with Crippen molar-refractivity contribution in [2.45, 2.75) is 18.9 Å². The first kappa shape index (κ1) is 18.5. The fourth-order valence-corrected chi connectivity index (χ4v) is 4.09. The Kier molecular flexibility index (Phi) is 4.78. The molecule has 0 N–H and O–H groups in total. The molecule has 0 bridgehead atoms. The molecule has 1 amide bonds. The van der Waals surface area contributed by atoms with E-state index < -0.39 is 0 Å². The van der Waals surface area contributed by atoms with Gasteiger partial charge in [0.15, 0.2) is 5.82 Å². The van der Waals surface area contributed by atoms with Gasteiger partial charge < -0.3 is 0 Å². The number of carbonyl (C=O) groups is 2. The van der Waals surface area contributed by atoms with Crippen molar-refractivity contribution in [1.82, 2.24) is 9.55 Å². The van der Waals surface area contributed by atoms with Crippen molar-refractivity contribution in [3.8, 4) is 11.4 Å². The van der Waals surface area contributed by atoms with Crippen molar-refractivity contribution in [2.75, 3.05) is 5.01 Å². The van der Waals surface area contributed by atoms with Gasteiger partial charge in [-0.15, -0.1) is 0 Å². The summed E-state index contributed by atoms with van der Waals surface area (Å²) in [7, 11) is 0. The first-order chi connectivity index (χ1) is 13.5. The third-order valence-electron chi connectivity index (χ3n) is 4.14. The molecule has 0 saturated carbocycles. The molecule has 0 unspecified atom stereocenters. The lowest BCUT2D eigenvalue weighted by Gasteiger charge is -2.21. The number of hydrogen-bond acceptors (Lipinski definition) is 5. The zero-order valence-corrected chi connectivity index (χ0v) is 16.7. The van der Waals surface area contributed by atoms with Crippen molar-refractivity contribution in [3.63, 3.8) is 0 Å². The van der Waals surface area contributed by atoms with Crippen molar-refractivity contribution < 1.29 is 9.59 Å². The van der Waals surface area contributed by atoms with E-state index in [0.29, 0.717) is 26.7 Å². The molecule has 1 aliphatic rings. The van der Waals surface area contributed by atoms with Crippen LogP contribution in [0.4, 0.5) is 5.82 Å². The Labute approximate surface area is 170 Å². The molecule has 28 heavy (non-hydrogen) atoms. The number of halogens is 1. The first-order valence-corrected chi connectivity index (χ1v) is 9.67. The number of rotatable bonds is 2. The number of hydrazone groups is 1. The minimum atomic E-state index is -0.286. The summed E-state index contributed by atoms with van der Waals surface area (Å²) >= 11 is 7.30. The number of anilines is 1. The highest BCUT2D eigenvalue weighted by Gasteiger charge is 2.32. The minimum absolute atomic E-state index is 0.205.